The number of para-hydroxylation sites is 1. The Kier molecular flexibility index (Phi) is 5.84. The zero-order chi connectivity index (χ0) is 20.3. The molecule has 146 valence electrons. The summed E-state index contributed by atoms with van der Waals surface area (Å²) in [5.41, 5.74) is 6.87. The number of nitrogens with zero attached hydrogens (tertiary/aromatic N) is 3. The SMILES string of the molecule is Cc1occc1-c1nnc(SCC(=O)Nc2ccccc2C(N)=O)n1C(C)C. The van der Waals surface area contributed by atoms with Gasteiger partial charge in [0.2, 0.25) is 5.91 Å². The number of aromatic nitrogens is 3. The van der Waals surface area contributed by atoms with E-state index in [9.17, 15) is 9.59 Å². The second kappa shape index (κ2) is 8.30. The Balaban J connectivity index is 1.75. The van der Waals surface area contributed by atoms with E-state index in [2.05, 4.69) is 15.5 Å². The van der Waals surface area contributed by atoms with Crippen molar-refractivity contribution >= 4 is 29.3 Å². The Labute approximate surface area is 166 Å². The Morgan fingerprint density at radius 2 is 2.00 bits per heavy atom. The number of amides is 2. The molecular formula is C19H21N5O3S. The fraction of sp³-hybridized carbons (Fsp3) is 0.263. The van der Waals surface area contributed by atoms with Crippen molar-refractivity contribution in [1.82, 2.24) is 14.8 Å². The van der Waals surface area contributed by atoms with Crippen LogP contribution in [0.1, 0.15) is 36.0 Å². The Bertz CT molecular complexity index is 1010. The molecule has 2 amide bonds. The molecule has 28 heavy (non-hydrogen) atoms. The van der Waals surface area contributed by atoms with Gasteiger partial charge < -0.3 is 15.5 Å². The first-order valence-electron chi connectivity index (χ1n) is 8.69. The van der Waals surface area contributed by atoms with Crippen molar-refractivity contribution < 1.29 is 14.0 Å². The number of hydrogen-bond acceptors (Lipinski definition) is 6. The molecule has 0 aliphatic carbocycles. The van der Waals surface area contributed by atoms with Crippen molar-refractivity contribution in [3.8, 4) is 11.4 Å². The summed E-state index contributed by atoms with van der Waals surface area (Å²) >= 11 is 1.27. The van der Waals surface area contributed by atoms with E-state index >= 15 is 0 Å². The zero-order valence-corrected chi connectivity index (χ0v) is 16.6. The second-order valence-electron chi connectivity index (χ2n) is 6.41. The molecule has 3 N–H and O–H groups in total. The molecule has 0 unspecified atom stereocenters. The van der Waals surface area contributed by atoms with Gasteiger partial charge in [-0.3, -0.25) is 14.2 Å². The number of rotatable bonds is 7. The minimum absolute atomic E-state index is 0.0976. The second-order valence-corrected chi connectivity index (χ2v) is 7.35. The number of primary amides is 1. The van der Waals surface area contributed by atoms with Gasteiger partial charge in [-0.1, -0.05) is 23.9 Å². The molecule has 0 bridgehead atoms. The number of hydrogen-bond donors (Lipinski definition) is 2. The number of aryl methyl sites for hydroxylation is 1. The lowest BCUT2D eigenvalue weighted by Gasteiger charge is -2.13. The smallest absolute Gasteiger partial charge is 0.250 e. The average Bonchev–Trinajstić information content (AvgIpc) is 3.25. The van der Waals surface area contributed by atoms with Gasteiger partial charge in [0.05, 0.1) is 28.8 Å². The van der Waals surface area contributed by atoms with Gasteiger partial charge in [0.1, 0.15) is 5.76 Å². The van der Waals surface area contributed by atoms with Crippen LogP contribution in [0.2, 0.25) is 0 Å². The molecule has 0 saturated carbocycles. The molecule has 0 aliphatic rings. The predicted molar refractivity (Wildman–Crippen MR) is 107 cm³/mol. The van der Waals surface area contributed by atoms with Crippen LogP contribution in [0, 0.1) is 6.92 Å². The van der Waals surface area contributed by atoms with E-state index in [4.69, 9.17) is 10.2 Å². The number of nitrogens with two attached hydrogens (primary N) is 1. The lowest BCUT2D eigenvalue weighted by Crippen LogP contribution is -2.19. The van der Waals surface area contributed by atoms with E-state index in [-0.39, 0.29) is 23.3 Å². The summed E-state index contributed by atoms with van der Waals surface area (Å²) in [4.78, 5) is 23.9. The predicted octanol–water partition coefficient (Wildman–Crippen LogP) is 3.26. The monoisotopic (exact) mass is 399 g/mol. The third-order valence-corrected chi connectivity index (χ3v) is 5.02. The van der Waals surface area contributed by atoms with Crippen LogP contribution in [0.25, 0.3) is 11.4 Å². The van der Waals surface area contributed by atoms with Gasteiger partial charge >= 0.3 is 0 Å². The zero-order valence-electron chi connectivity index (χ0n) is 15.8. The molecule has 0 saturated heterocycles. The fourth-order valence-electron chi connectivity index (χ4n) is 2.76. The molecule has 9 heteroatoms. The van der Waals surface area contributed by atoms with E-state index in [1.165, 1.54) is 11.8 Å². The molecule has 0 aliphatic heterocycles. The summed E-state index contributed by atoms with van der Waals surface area (Å²) in [5.74, 6) is 0.707. The summed E-state index contributed by atoms with van der Waals surface area (Å²) in [5, 5.41) is 11.9. The highest BCUT2D eigenvalue weighted by atomic mass is 32.2. The van der Waals surface area contributed by atoms with Gasteiger partial charge in [0.25, 0.3) is 5.91 Å². The fourth-order valence-corrected chi connectivity index (χ4v) is 3.63. The van der Waals surface area contributed by atoms with E-state index in [1.54, 1.807) is 30.5 Å². The maximum atomic E-state index is 12.4. The number of thioether (sulfide) groups is 1. The normalized spacial score (nSPS) is 11.0. The molecular weight excluding hydrogens is 378 g/mol. The van der Waals surface area contributed by atoms with Crippen molar-refractivity contribution in [3.63, 3.8) is 0 Å². The molecule has 0 radical (unpaired) electrons. The van der Waals surface area contributed by atoms with Gasteiger partial charge in [0, 0.05) is 6.04 Å². The first-order chi connectivity index (χ1) is 13.4. The number of benzene rings is 1. The van der Waals surface area contributed by atoms with Crippen LogP contribution in [0.5, 0.6) is 0 Å². The number of anilines is 1. The minimum Gasteiger partial charge on any atom is -0.469 e. The topological polar surface area (TPSA) is 116 Å². The lowest BCUT2D eigenvalue weighted by molar-refractivity contribution is -0.113. The highest BCUT2D eigenvalue weighted by Gasteiger charge is 2.20. The lowest BCUT2D eigenvalue weighted by atomic mass is 10.1. The summed E-state index contributed by atoms with van der Waals surface area (Å²) in [6.45, 7) is 5.91. The van der Waals surface area contributed by atoms with Crippen LogP contribution in [-0.2, 0) is 4.79 Å². The highest BCUT2D eigenvalue weighted by molar-refractivity contribution is 7.99. The van der Waals surface area contributed by atoms with Crippen LogP contribution in [0.4, 0.5) is 5.69 Å². The van der Waals surface area contributed by atoms with E-state index in [0.717, 1.165) is 11.3 Å². The molecule has 2 heterocycles. The van der Waals surface area contributed by atoms with Crippen molar-refractivity contribution in [2.75, 3.05) is 11.1 Å². The Morgan fingerprint density at radius 3 is 2.64 bits per heavy atom. The molecule has 0 spiro atoms. The van der Waals surface area contributed by atoms with Gasteiger partial charge in [-0.25, -0.2) is 0 Å². The van der Waals surface area contributed by atoms with Crippen molar-refractivity contribution in [2.45, 2.75) is 32.0 Å². The van der Waals surface area contributed by atoms with Crippen molar-refractivity contribution in [1.29, 1.82) is 0 Å². The third kappa shape index (κ3) is 4.09. The van der Waals surface area contributed by atoms with Crippen molar-refractivity contribution in [3.05, 3.63) is 47.9 Å². The number of carbonyl (C=O) groups is 2. The maximum absolute atomic E-state index is 12.4. The standard InChI is InChI=1S/C19H21N5O3S/c1-11(2)24-18(13-8-9-27-12(13)3)22-23-19(24)28-10-16(25)21-15-7-5-4-6-14(15)17(20)26/h4-9,11H,10H2,1-3H3,(H2,20,26)(H,21,25). The molecule has 3 aromatic rings. The van der Waals surface area contributed by atoms with Gasteiger partial charge in [-0.2, -0.15) is 0 Å². The molecule has 1 aromatic carbocycles. The summed E-state index contributed by atoms with van der Waals surface area (Å²) in [6, 6.07) is 8.57. The molecule has 0 atom stereocenters. The quantitative estimate of drug-likeness (QED) is 0.589. The minimum atomic E-state index is -0.594. The Morgan fingerprint density at radius 1 is 1.25 bits per heavy atom. The van der Waals surface area contributed by atoms with Crippen LogP contribution in [-0.4, -0.2) is 32.3 Å². The number of furan rings is 1. The van der Waals surface area contributed by atoms with Crippen LogP contribution < -0.4 is 11.1 Å². The summed E-state index contributed by atoms with van der Waals surface area (Å²) in [7, 11) is 0. The Hall–Kier alpha value is -3.07. The average molecular weight is 399 g/mol. The van der Waals surface area contributed by atoms with E-state index in [1.807, 2.05) is 31.4 Å². The summed E-state index contributed by atoms with van der Waals surface area (Å²) < 4.78 is 7.33. The number of carbonyl (C=O) groups excluding carboxylic acids is 2. The largest absolute Gasteiger partial charge is 0.469 e. The highest BCUT2D eigenvalue weighted by Crippen LogP contribution is 2.30. The van der Waals surface area contributed by atoms with Crippen molar-refractivity contribution in [2.24, 2.45) is 5.73 Å². The first kappa shape index (κ1) is 19.7. The summed E-state index contributed by atoms with van der Waals surface area (Å²) in [6.07, 6.45) is 1.61. The van der Waals surface area contributed by atoms with Crippen LogP contribution in [0.15, 0.2) is 46.2 Å². The molecule has 2 aromatic heterocycles. The van der Waals surface area contributed by atoms with E-state index in [0.29, 0.717) is 16.7 Å². The number of nitrogens with one attached hydrogen (secondary N) is 1. The van der Waals surface area contributed by atoms with Gasteiger partial charge in [-0.15, -0.1) is 10.2 Å². The molecule has 0 fully saturated rings. The maximum Gasteiger partial charge on any atom is 0.250 e. The van der Waals surface area contributed by atoms with Gasteiger partial charge in [-0.05, 0) is 39.0 Å². The molecule has 8 nitrogen and oxygen atoms in total. The molecule has 3 rings (SSSR count). The third-order valence-electron chi connectivity index (χ3n) is 4.08. The van der Waals surface area contributed by atoms with Crippen LogP contribution in [0.3, 0.4) is 0 Å². The van der Waals surface area contributed by atoms with E-state index < -0.39 is 5.91 Å². The van der Waals surface area contributed by atoms with Crippen LogP contribution >= 0.6 is 11.8 Å². The van der Waals surface area contributed by atoms with Gasteiger partial charge in [0.15, 0.2) is 11.0 Å². The first-order valence-corrected chi connectivity index (χ1v) is 9.68.